The summed E-state index contributed by atoms with van der Waals surface area (Å²) >= 11 is 3.37. The van der Waals surface area contributed by atoms with Crippen molar-refractivity contribution in [3.8, 4) is 5.75 Å². The predicted octanol–water partition coefficient (Wildman–Crippen LogP) is 4.58. The Balaban J connectivity index is 1.60. The van der Waals surface area contributed by atoms with E-state index in [2.05, 4.69) is 26.2 Å². The third-order valence-electron chi connectivity index (χ3n) is 3.24. The molecule has 0 radical (unpaired) electrons. The highest BCUT2D eigenvalue weighted by atomic mass is 79.9. The van der Waals surface area contributed by atoms with E-state index >= 15 is 0 Å². The Morgan fingerprint density at radius 1 is 1.21 bits per heavy atom. The van der Waals surface area contributed by atoms with Crippen molar-refractivity contribution < 1.29 is 13.9 Å². The van der Waals surface area contributed by atoms with Crippen molar-refractivity contribution in [1.82, 2.24) is 4.98 Å². The van der Waals surface area contributed by atoms with Crippen LogP contribution in [0.5, 0.6) is 5.75 Å². The zero-order chi connectivity index (χ0) is 16.9. The summed E-state index contributed by atoms with van der Waals surface area (Å²) in [6.45, 7) is 2.18. The zero-order valence-corrected chi connectivity index (χ0v) is 14.5. The molecule has 0 aliphatic carbocycles. The summed E-state index contributed by atoms with van der Waals surface area (Å²) in [7, 11) is 0. The molecule has 0 spiro atoms. The van der Waals surface area contributed by atoms with Crippen LogP contribution < -0.4 is 10.1 Å². The Bertz CT molecular complexity index is 843. The van der Waals surface area contributed by atoms with Gasteiger partial charge >= 0.3 is 0 Å². The minimum atomic E-state index is -0.344. The number of carbonyl (C=O) groups excluding carboxylic acids is 1. The molecule has 3 aromatic rings. The molecule has 0 aliphatic rings. The second-order valence-corrected chi connectivity index (χ2v) is 6.10. The van der Waals surface area contributed by atoms with Gasteiger partial charge in [0, 0.05) is 10.7 Å². The molecule has 0 fully saturated rings. The van der Waals surface area contributed by atoms with E-state index in [1.54, 1.807) is 24.4 Å². The van der Waals surface area contributed by atoms with E-state index in [1.807, 2.05) is 37.3 Å². The van der Waals surface area contributed by atoms with Gasteiger partial charge in [-0.25, -0.2) is 4.98 Å². The summed E-state index contributed by atoms with van der Waals surface area (Å²) < 4.78 is 12.1. The van der Waals surface area contributed by atoms with Crippen LogP contribution in [0.2, 0.25) is 0 Å². The van der Waals surface area contributed by atoms with Crippen LogP contribution in [0.1, 0.15) is 21.9 Å². The van der Waals surface area contributed by atoms with Gasteiger partial charge in [-0.2, -0.15) is 0 Å². The molecule has 5 nitrogen and oxygen atoms in total. The second kappa shape index (κ2) is 7.31. The van der Waals surface area contributed by atoms with Crippen molar-refractivity contribution in [1.29, 1.82) is 0 Å². The number of anilines is 1. The van der Waals surface area contributed by atoms with Gasteiger partial charge in [0.25, 0.3) is 5.91 Å². The molecule has 0 atom stereocenters. The van der Waals surface area contributed by atoms with E-state index in [0.717, 1.165) is 15.8 Å². The Labute approximate surface area is 147 Å². The molecular weight excluding hydrogens is 372 g/mol. The summed E-state index contributed by atoms with van der Waals surface area (Å²) in [5.74, 6) is 1.66. The number of rotatable bonds is 5. The number of nitrogens with zero attached hydrogens (tertiary/aromatic N) is 1. The fourth-order valence-electron chi connectivity index (χ4n) is 2.05. The van der Waals surface area contributed by atoms with E-state index in [1.165, 1.54) is 0 Å². The number of hydrogen-bond acceptors (Lipinski definition) is 4. The van der Waals surface area contributed by atoms with Gasteiger partial charge < -0.3 is 14.5 Å². The van der Waals surface area contributed by atoms with Crippen molar-refractivity contribution in [3.63, 3.8) is 0 Å². The van der Waals surface area contributed by atoms with Crippen LogP contribution in [0.3, 0.4) is 0 Å². The van der Waals surface area contributed by atoms with E-state index in [-0.39, 0.29) is 18.3 Å². The third-order valence-corrected chi connectivity index (χ3v) is 3.77. The number of carbonyl (C=O) groups is 1. The highest BCUT2D eigenvalue weighted by Gasteiger charge is 2.12. The third kappa shape index (κ3) is 4.23. The molecule has 2 heterocycles. The van der Waals surface area contributed by atoms with Crippen LogP contribution in [0.15, 0.2) is 63.6 Å². The van der Waals surface area contributed by atoms with Gasteiger partial charge in [0.05, 0.1) is 0 Å². The Morgan fingerprint density at radius 3 is 2.75 bits per heavy atom. The van der Waals surface area contributed by atoms with Crippen LogP contribution in [0.4, 0.5) is 5.82 Å². The summed E-state index contributed by atoms with van der Waals surface area (Å²) in [6, 6.07) is 14.5. The largest absolute Gasteiger partial charge is 0.486 e. The second-order valence-electron chi connectivity index (χ2n) is 5.18. The van der Waals surface area contributed by atoms with Gasteiger partial charge in [-0.3, -0.25) is 4.79 Å². The van der Waals surface area contributed by atoms with Crippen LogP contribution in [0, 0.1) is 6.92 Å². The highest BCUT2D eigenvalue weighted by Crippen LogP contribution is 2.18. The van der Waals surface area contributed by atoms with Gasteiger partial charge in [0.2, 0.25) is 0 Å². The lowest BCUT2D eigenvalue weighted by atomic mass is 10.3. The van der Waals surface area contributed by atoms with Gasteiger partial charge in [-0.05, 0) is 61.0 Å². The lowest BCUT2D eigenvalue weighted by Gasteiger charge is -2.04. The van der Waals surface area contributed by atoms with Gasteiger partial charge in [0.1, 0.15) is 23.9 Å². The molecule has 0 saturated heterocycles. The van der Waals surface area contributed by atoms with Crippen LogP contribution in [-0.4, -0.2) is 10.9 Å². The molecule has 6 heteroatoms. The van der Waals surface area contributed by atoms with Crippen molar-refractivity contribution in [2.24, 2.45) is 0 Å². The number of halogens is 1. The molecule has 1 amide bonds. The molecule has 0 bridgehead atoms. The molecule has 0 saturated carbocycles. The number of benzene rings is 1. The van der Waals surface area contributed by atoms with Crippen LogP contribution in [-0.2, 0) is 6.61 Å². The first kappa shape index (κ1) is 16.3. The fourth-order valence-corrected chi connectivity index (χ4v) is 2.31. The SMILES string of the molecule is Cc1ccnc(NC(=O)c2ccc(COc3ccc(Br)cc3)o2)c1. The summed E-state index contributed by atoms with van der Waals surface area (Å²) in [4.78, 5) is 16.3. The van der Waals surface area contributed by atoms with Crippen molar-refractivity contribution >= 4 is 27.7 Å². The molecule has 0 unspecified atom stereocenters. The van der Waals surface area contributed by atoms with Gasteiger partial charge in [0.15, 0.2) is 5.76 Å². The first-order valence-corrected chi connectivity index (χ1v) is 8.10. The molecule has 1 N–H and O–H groups in total. The first-order valence-electron chi connectivity index (χ1n) is 7.31. The van der Waals surface area contributed by atoms with E-state index in [4.69, 9.17) is 9.15 Å². The Kier molecular flexibility index (Phi) is 4.96. The lowest BCUT2D eigenvalue weighted by Crippen LogP contribution is -2.12. The molecule has 3 rings (SSSR count). The molecular formula is C18H15BrN2O3. The number of amides is 1. The monoisotopic (exact) mass is 386 g/mol. The zero-order valence-electron chi connectivity index (χ0n) is 13.0. The normalized spacial score (nSPS) is 10.4. The maximum atomic E-state index is 12.2. The average molecular weight is 387 g/mol. The number of aryl methyl sites for hydroxylation is 1. The summed E-state index contributed by atoms with van der Waals surface area (Å²) in [5.41, 5.74) is 1.02. The highest BCUT2D eigenvalue weighted by molar-refractivity contribution is 9.10. The summed E-state index contributed by atoms with van der Waals surface area (Å²) in [5, 5.41) is 2.70. The fraction of sp³-hybridized carbons (Fsp3) is 0.111. The molecule has 24 heavy (non-hydrogen) atoms. The number of hydrogen-bond donors (Lipinski definition) is 1. The smallest absolute Gasteiger partial charge is 0.292 e. The maximum Gasteiger partial charge on any atom is 0.292 e. The van der Waals surface area contributed by atoms with E-state index in [9.17, 15) is 4.79 Å². The minimum Gasteiger partial charge on any atom is -0.486 e. The van der Waals surface area contributed by atoms with Crippen LogP contribution in [0.25, 0.3) is 0 Å². The van der Waals surface area contributed by atoms with Crippen molar-refractivity contribution in [3.05, 3.63) is 76.3 Å². The average Bonchev–Trinajstić information content (AvgIpc) is 3.03. The molecule has 2 aromatic heterocycles. The topological polar surface area (TPSA) is 64.4 Å². The number of furan rings is 1. The number of pyridine rings is 1. The van der Waals surface area contributed by atoms with Gasteiger partial charge in [-0.15, -0.1) is 0 Å². The Morgan fingerprint density at radius 2 is 2.00 bits per heavy atom. The van der Waals surface area contributed by atoms with E-state index < -0.39 is 0 Å². The predicted molar refractivity (Wildman–Crippen MR) is 94.1 cm³/mol. The number of nitrogens with one attached hydrogen (secondary N) is 1. The number of ether oxygens (including phenoxy) is 1. The summed E-state index contributed by atoms with van der Waals surface area (Å²) in [6.07, 6.45) is 1.64. The number of aromatic nitrogens is 1. The first-order chi connectivity index (χ1) is 11.6. The van der Waals surface area contributed by atoms with Crippen LogP contribution >= 0.6 is 15.9 Å². The van der Waals surface area contributed by atoms with Crippen molar-refractivity contribution in [2.75, 3.05) is 5.32 Å². The minimum absolute atomic E-state index is 0.215. The maximum absolute atomic E-state index is 12.2. The standard InChI is InChI=1S/C18H15BrN2O3/c1-12-8-9-20-17(10-12)21-18(22)16-7-6-15(24-16)11-23-14-4-2-13(19)3-5-14/h2-10H,11H2,1H3,(H,20,21,22). The molecule has 122 valence electrons. The van der Waals surface area contributed by atoms with Crippen molar-refractivity contribution in [2.45, 2.75) is 13.5 Å². The lowest BCUT2D eigenvalue weighted by molar-refractivity contribution is 0.0992. The van der Waals surface area contributed by atoms with Gasteiger partial charge in [-0.1, -0.05) is 15.9 Å². The molecule has 1 aromatic carbocycles. The Hall–Kier alpha value is -2.60. The van der Waals surface area contributed by atoms with E-state index in [0.29, 0.717) is 11.6 Å². The quantitative estimate of drug-likeness (QED) is 0.696. The molecule has 0 aliphatic heterocycles.